The summed E-state index contributed by atoms with van der Waals surface area (Å²) in [6.45, 7) is 15.9. The molecule has 0 saturated heterocycles. The minimum absolute atomic E-state index is 0.00238. The van der Waals surface area contributed by atoms with E-state index in [1.807, 2.05) is 20.9 Å². The summed E-state index contributed by atoms with van der Waals surface area (Å²) >= 11 is 1.47. The first-order chi connectivity index (χ1) is 14.9. The van der Waals surface area contributed by atoms with Crippen LogP contribution in [0.3, 0.4) is 0 Å². The fourth-order valence-electron chi connectivity index (χ4n) is 4.33. The van der Waals surface area contributed by atoms with Crippen LogP contribution >= 0.6 is 11.3 Å². The molecule has 0 aliphatic heterocycles. The predicted molar refractivity (Wildman–Crippen MR) is 135 cm³/mol. The largest absolute Gasteiger partial charge is 0.382 e. The third kappa shape index (κ3) is 5.80. The summed E-state index contributed by atoms with van der Waals surface area (Å²) in [5.74, 6) is 1.20. The molecule has 176 valence electrons. The molecule has 7 heteroatoms. The average Bonchev–Trinajstić information content (AvgIpc) is 3.05. The highest BCUT2D eigenvalue weighted by molar-refractivity contribution is 7.13. The quantitative estimate of drug-likeness (QED) is 0.515. The lowest BCUT2D eigenvalue weighted by Gasteiger charge is -2.42. The Morgan fingerprint density at radius 2 is 1.94 bits per heavy atom. The van der Waals surface area contributed by atoms with Crippen molar-refractivity contribution in [1.29, 1.82) is 0 Å². The minimum Gasteiger partial charge on any atom is -0.382 e. The zero-order valence-electron chi connectivity index (χ0n) is 20.8. The number of amides is 1. The number of rotatable bonds is 6. The van der Waals surface area contributed by atoms with Gasteiger partial charge in [-0.2, -0.15) is 0 Å². The molecule has 2 unspecified atom stereocenters. The number of nitrogens with zero attached hydrogens (tertiary/aromatic N) is 2. The molecule has 2 heterocycles. The maximum Gasteiger partial charge on any atom is 0.263 e. The molecule has 2 atom stereocenters. The van der Waals surface area contributed by atoms with Crippen LogP contribution in [0.5, 0.6) is 0 Å². The third-order valence-corrected chi connectivity index (χ3v) is 7.47. The van der Waals surface area contributed by atoms with Crippen LogP contribution in [0.2, 0.25) is 0 Å². The highest BCUT2D eigenvalue weighted by Crippen LogP contribution is 2.43. The Bertz CT molecular complexity index is 960. The van der Waals surface area contributed by atoms with E-state index < -0.39 is 0 Å². The van der Waals surface area contributed by atoms with Gasteiger partial charge >= 0.3 is 0 Å². The summed E-state index contributed by atoms with van der Waals surface area (Å²) < 4.78 is 0. The molecular weight excluding hydrogens is 418 g/mol. The van der Waals surface area contributed by atoms with Crippen molar-refractivity contribution in [2.24, 2.45) is 10.8 Å². The van der Waals surface area contributed by atoms with Gasteiger partial charge in [-0.25, -0.2) is 9.97 Å². The summed E-state index contributed by atoms with van der Waals surface area (Å²) in [6.07, 6.45) is 3.01. The lowest BCUT2D eigenvalue weighted by atomic mass is 9.68. The van der Waals surface area contributed by atoms with Gasteiger partial charge < -0.3 is 16.0 Å². The molecule has 1 aliphatic carbocycles. The minimum atomic E-state index is -0.00238. The molecule has 3 N–H and O–H groups in total. The number of anilines is 2. The van der Waals surface area contributed by atoms with Crippen LogP contribution in [0.1, 0.15) is 85.9 Å². The van der Waals surface area contributed by atoms with Crippen molar-refractivity contribution >= 4 is 28.7 Å². The normalized spacial score (nSPS) is 20.6. The van der Waals surface area contributed by atoms with Crippen LogP contribution in [0.25, 0.3) is 0 Å². The van der Waals surface area contributed by atoms with Gasteiger partial charge in [-0.15, -0.1) is 11.3 Å². The van der Waals surface area contributed by atoms with Crippen LogP contribution in [0.4, 0.5) is 11.5 Å². The third-order valence-electron chi connectivity index (χ3n) is 6.40. The van der Waals surface area contributed by atoms with E-state index in [1.54, 1.807) is 0 Å². The van der Waals surface area contributed by atoms with E-state index in [2.05, 4.69) is 67.7 Å². The smallest absolute Gasteiger partial charge is 0.263 e. The van der Waals surface area contributed by atoms with Crippen molar-refractivity contribution < 1.29 is 4.79 Å². The number of thiazole rings is 1. The van der Waals surface area contributed by atoms with Crippen molar-refractivity contribution in [2.45, 2.75) is 79.7 Å². The van der Waals surface area contributed by atoms with E-state index in [9.17, 15) is 4.79 Å². The molecule has 2 aromatic heterocycles. The molecule has 1 fully saturated rings. The number of carbonyl (C=O) groups is 1. The Hall–Kier alpha value is -2.15. The fourth-order valence-corrected chi connectivity index (χ4v) is 5.15. The van der Waals surface area contributed by atoms with Gasteiger partial charge in [-0.1, -0.05) is 34.6 Å². The summed E-state index contributed by atoms with van der Waals surface area (Å²) in [4.78, 5) is 23.1. The number of nitrogens with one attached hydrogen (secondary N) is 3. The molecule has 1 aliphatic rings. The Morgan fingerprint density at radius 3 is 2.53 bits per heavy atom. The van der Waals surface area contributed by atoms with Gasteiger partial charge in [0.25, 0.3) is 5.91 Å². The zero-order valence-corrected chi connectivity index (χ0v) is 21.7. The van der Waals surface area contributed by atoms with Gasteiger partial charge in [-0.3, -0.25) is 4.79 Å². The monoisotopic (exact) mass is 457 g/mol. The average molecular weight is 458 g/mol. The van der Waals surface area contributed by atoms with Crippen LogP contribution in [0, 0.1) is 24.7 Å². The Balaban J connectivity index is 1.76. The second-order valence-corrected chi connectivity index (χ2v) is 12.1. The van der Waals surface area contributed by atoms with E-state index in [0.29, 0.717) is 5.92 Å². The molecule has 0 aromatic carbocycles. The molecule has 1 saturated carbocycles. The van der Waals surface area contributed by atoms with Crippen LogP contribution < -0.4 is 16.0 Å². The van der Waals surface area contributed by atoms with Crippen molar-refractivity contribution in [3.05, 3.63) is 33.4 Å². The van der Waals surface area contributed by atoms with Gasteiger partial charge in [0.05, 0.1) is 16.4 Å². The molecule has 6 nitrogen and oxygen atoms in total. The van der Waals surface area contributed by atoms with Gasteiger partial charge in [0.2, 0.25) is 0 Å². The summed E-state index contributed by atoms with van der Waals surface area (Å²) in [6, 6.07) is 4.37. The van der Waals surface area contributed by atoms with Crippen LogP contribution in [-0.4, -0.2) is 35.5 Å². The van der Waals surface area contributed by atoms with Gasteiger partial charge in [-0.05, 0) is 56.1 Å². The summed E-state index contributed by atoms with van der Waals surface area (Å²) in [7, 11) is 1.92. The first-order valence-electron chi connectivity index (χ1n) is 11.6. The number of aromatic nitrogens is 2. The summed E-state index contributed by atoms with van der Waals surface area (Å²) in [5, 5.41) is 11.0. The Kier molecular flexibility index (Phi) is 7.18. The maximum absolute atomic E-state index is 13.0. The topological polar surface area (TPSA) is 78.9 Å². The molecule has 32 heavy (non-hydrogen) atoms. The van der Waals surface area contributed by atoms with Crippen molar-refractivity contribution in [2.75, 3.05) is 24.2 Å². The second-order valence-electron chi connectivity index (χ2n) is 10.9. The molecule has 0 spiro atoms. The molecular formula is C25H39N5OS. The predicted octanol–water partition coefficient (Wildman–Crippen LogP) is 5.75. The number of pyridine rings is 1. The van der Waals surface area contributed by atoms with E-state index in [1.165, 1.54) is 11.3 Å². The Morgan fingerprint density at radius 1 is 1.22 bits per heavy atom. The number of hydrogen-bond acceptors (Lipinski definition) is 6. The van der Waals surface area contributed by atoms with Crippen molar-refractivity contribution in [1.82, 2.24) is 15.3 Å². The Labute approximate surface area is 197 Å². The van der Waals surface area contributed by atoms with E-state index in [4.69, 9.17) is 4.98 Å². The molecule has 0 bridgehead atoms. The molecule has 2 aromatic rings. The lowest BCUT2D eigenvalue weighted by molar-refractivity contribution is 0.0840. The highest BCUT2D eigenvalue weighted by Gasteiger charge is 2.39. The molecule has 0 radical (unpaired) electrons. The van der Waals surface area contributed by atoms with E-state index in [0.717, 1.165) is 58.6 Å². The zero-order chi connectivity index (χ0) is 23.7. The standard InChI is InChI=1S/C25H39N5OS/c1-15-21(32-16(2)28-15)23(31)30-20-13-17(11-12-25(20,6)7)18-9-10-19(22(26-8)29-18)27-14-24(3,4)5/h9-10,17,20,27H,11-14H2,1-8H3,(H,26,29)(H,30,31). The molecule has 1 amide bonds. The van der Waals surface area contributed by atoms with Crippen molar-refractivity contribution in [3.8, 4) is 0 Å². The number of aryl methyl sites for hydroxylation is 2. The highest BCUT2D eigenvalue weighted by atomic mass is 32.1. The van der Waals surface area contributed by atoms with Crippen LogP contribution in [-0.2, 0) is 0 Å². The maximum atomic E-state index is 13.0. The number of carbonyl (C=O) groups excluding carboxylic acids is 1. The van der Waals surface area contributed by atoms with Gasteiger partial charge in [0, 0.05) is 31.2 Å². The van der Waals surface area contributed by atoms with Crippen LogP contribution in [0.15, 0.2) is 12.1 Å². The first-order valence-corrected chi connectivity index (χ1v) is 12.4. The van der Waals surface area contributed by atoms with E-state index >= 15 is 0 Å². The second kappa shape index (κ2) is 9.38. The van der Waals surface area contributed by atoms with Gasteiger partial charge in [0.15, 0.2) is 0 Å². The molecule has 3 rings (SSSR count). The summed E-state index contributed by atoms with van der Waals surface area (Å²) in [5.41, 5.74) is 3.17. The SMILES string of the molecule is CNc1nc(C2CCC(C)(C)C(NC(=O)c3sc(C)nc3C)C2)ccc1NCC(C)(C)C. The van der Waals surface area contributed by atoms with Crippen molar-refractivity contribution in [3.63, 3.8) is 0 Å². The first kappa shape index (κ1) is 24.5. The fraction of sp³-hybridized carbons (Fsp3) is 0.640. The van der Waals surface area contributed by atoms with Gasteiger partial charge in [0.1, 0.15) is 10.7 Å². The lowest BCUT2D eigenvalue weighted by Crippen LogP contribution is -2.48. The van der Waals surface area contributed by atoms with E-state index in [-0.39, 0.29) is 22.8 Å². The number of hydrogen-bond donors (Lipinski definition) is 3.